The summed E-state index contributed by atoms with van der Waals surface area (Å²) in [6, 6.07) is 13.0. The third-order valence-corrected chi connectivity index (χ3v) is 4.55. The molecule has 0 radical (unpaired) electrons. The van der Waals surface area contributed by atoms with Crippen molar-refractivity contribution in [3.05, 3.63) is 99.2 Å². The second-order valence-electron chi connectivity index (χ2n) is 6.61. The van der Waals surface area contributed by atoms with Crippen LogP contribution in [-0.4, -0.2) is 4.57 Å². The Hall–Kier alpha value is -3.13. The molecule has 0 aliphatic carbocycles. The highest BCUT2D eigenvalue weighted by molar-refractivity contribution is 5.43. The first kappa shape index (κ1) is 19.2. The molecule has 0 saturated carbocycles. The standard InChI is InChI=1S/C21H15F4NO3/c22-17-8-14(10-26-11-16(21(23,24)25)6-7-18(26)27)19-15(9-17)12-28-20(29-19)13-4-2-1-3-5-13/h1-9,11,20H,10,12H2/t20-/m0/s1. The maximum Gasteiger partial charge on any atom is 0.417 e. The normalized spacial score (nSPS) is 16.2. The topological polar surface area (TPSA) is 40.5 Å². The van der Waals surface area contributed by atoms with Gasteiger partial charge in [-0.2, -0.15) is 13.2 Å². The van der Waals surface area contributed by atoms with E-state index in [1.165, 1.54) is 6.07 Å². The summed E-state index contributed by atoms with van der Waals surface area (Å²) in [6.45, 7) is -0.207. The third-order valence-electron chi connectivity index (χ3n) is 4.55. The predicted molar refractivity (Wildman–Crippen MR) is 95.8 cm³/mol. The average Bonchev–Trinajstić information content (AvgIpc) is 2.69. The van der Waals surface area contributed by atoms with Gasteiger partial charge in [-0.1, -0.05) is 30.3 Å². The molecule has 1 aromatic heterocycles. The van der Waals surface area contributed by atoms with E-state index in [1.807, 2.05) is 18.2 Å². The van der Waals surface area contributed by atoms with Crippen molar-refractivity contribution in [1.82, 2.24) is 4.57 Å². The minimum absolute atomic E-state index is 0.0666. The van der Waals surface area contributed by atoms with Crippen molar-refractivity contribution in [2.45, 2.75) is 25.6 Å². The summed E-state index contributed by atoms with van der Waals surface area (Å²) in [4.78, 5) is 12.1. The van der Waals surface area contributed by atoms with E-state index in [4.69, 9.17) is 9.47 Å². The summed E-state index contributed by atoms with van der Waals surface area (Å²) in [6.07, 6.45) is -4.63. The molecule has 29 heavy (non-hydrogen) atoms. The van der Waals surface area contributed by atoms with Crippen LogP contribution in [0.4, 0.5) is 17.6 Å². The second kappa shape index (κ2) is 7.36. The van der Waals surface area contributed by atoms with Crippen LogP contribution in [0, 0.1) is 5.82 Å². The van der Waals surface area contributed by atoms with Gasteiger partial charge in [0.25, 0.3) is 5.56 Å². The van der Waals surface area contributed by atoms with Crippen molar-refractivity contribution in [2.75, 3.05) is 0 Å². The Balaban J connectivity index is 1.71. The van der Waals surface area contributed by atoms with Crippen molar-refractivity contribution in [3.63, 3.8) is 0 Å². The number of ether oxygens (including phenoxy) is 2. The molecule has 0 saturated heterocycles. The van der Waals surface area contributed by atoms with Gasteiger partial charge in [0.05, 0.1) is 18.7 Å². The van der Waals surface area contributed by atoms with E-state index in [9.17, 15) is 22.4 Å². The van der Waals surface area contributed by atoms with Crippen molar-refractivity contribution >= 4 is 0 Å². The lowest BCUT2D eigenvalue weighted by Gasteiger charge is -2.28. The van der Waals surface area contributed by atoms with E-state index < -0.39 is 29.4 Å². The Labute approximate surface area is 162 Å². The smallest absolute Gasteiger partial charge is 0.417 e. The van der Waals surface area contributed by atoms with E-state index in [0.29, 0.717) is 17.5 Å². The molecule has 1 aliphatic heterocycles. The first-order valence-electron chi connectivity index (χ1n) is 8.73. The van der Waals surface area contributed by atoms with Crippen LogP contribution in [0.2, 0.25) is 0 Å². The Morgan fingerprint density at radius 3 is 2.55 bits per heavy atom. The molecule has 8 heteroatoms. The summed E-state index contributed by atoms with van der Waals surface area (Å²) < 4.78 is 65.5. The molecule has 2 heterocycles. The molecule has 0 amide bonds. The molecule has 0 spiro atoms. The van der Waals surface area contributed by atoms with Crippen LogP contribution in [-0.2, 0) is 24.1 Å². The minimum atomic E-state index is -4.60. The molecule has 0 unspecified atom stereocenters. The van der Waals surface area contributed by atoms with Crippen LogP contribution in [0.5, 0.6) is 5.75 Å². The van der Waals surface area contributed by atoms with Gasteiger partial charge in [0, 0.05) is 29.0 Å². The number of hydrogen-bond acceptors (Lipinski definition) is 3. The van der Waals surface area contributed by atoms with Gasteiger partial charge >= 0.3 is 6.18 Å². The second-order valence-corrected chi connectivity index (χ2v) is 6.61. The molecule has 0 bridgehead atoms. The zero-order valence-corrected chi connectivity index (χ0v) is 14.9. The summed E-state index contributed by atoms with van der Waals surface area (Å²) >= 11 is 0. The fourth-order valence-electron chi connectivity index (χ4n) is 3.17. The van der Waals surface area contributed by atoms with Crippen LogP contribution < -0.4 is 10.3 Å². The van der Waals surface area contributed by atoms with E-state index in [1.54, 1.807) is 12.1 Å². The van der Waals surface area contributed by atoms with Crippen LogP contribution in [0.3, 0.4) is 0 Å². The van der Waals surface area contributed by atoms with Gasteiger partial charge in [-0.25, -0.2) is 4.39 Å². The van der Waals surface area contributed by atoms with E-state index >= 15 is 0 Å². The van der Waals surface area contributed by atoms with Crippen LogP contribution in [0.25, 0.3) is 0 Å². The lowest BCUT2D eigenvalue weighted by molar-refractivity contribution is -0.138. The molecule has 0 fully saturated rings. The van der Waals surface area contributed by atoms with Gasteiger partial charge in [-0.15, -0.1) is 0 Å². The quantitative estimate of drug-likeness (QED) is 0.595. The van der Waals surface area contributed by atoms with Crippen molar-refractivity contribution in [2.24, 2.45) is 0 Å². The summed E-state index contributed by atoms with van der Waals surface area (Å²) in [5, 5.41) is 0. The maximum absolute atomic E-state index is 14.1. The Kier molecular flexibility index (Phi) is 4.87. The number of hydrogen-bond donors (Lipinski definition) is 0. The van der Waals surface area contributed by atoms with Gasteiger partial charge < -0.3 is 14.0 Å². The molecular formula is C21H15F4NO3. The van der Waals surface area contributed by atoms with Crippen molar-refractivity contribution in [1.29, 1.82) is 0 Å². The highest BCUT2D eigenvalue weighted by atomic mass is 19.4. The number of benzene rings is 2. The zero-order valence-electron chi connectivity index (χ0n) is 14.9. The largest absolute Gasteiger partial charge is 0.460 e. The van der Waals surface area contributed by atoms with Crippen molar-refractivity contribution in [3.8, 4) is 5.75 Å². The van der Waals surface area contributed by atoms with Crippen LogP contribution in [0.15, 0.2) is 65.6 Å². The molecule has 0 N–H and O–H groups in total. The lowest BCUT2D eigenvalue weighted by Crippen LogP contribution is -2.24. The number of pyridine rings is 1. The fourth-order valence-corrected chi connectivity index (χ4v) is 3.17. The molecule has 1 atom stereocenters. The molecule has 3 aromatic rings. The number of rotatable bonds is 3. The monoisotopic (exact) mass is 405 g/mol. The highest BCUT2D eigenvalue weighted by Gasteiger charge is 2.31. The first-order valence-corrected chi connectivity index (χ1v) is 8.73. The lowest BCUT2D eigenvalue weighted by atomic mass is 10.1. The van der Waals surface area contributed by atoms with Gasteiger partial charge in [-0.3, -0.25) is 4.79 Å². The van der Waals surface area contributed by atoms with Gasteiger partial charge in [-0.05, 0) is 18.2 Å². The van der Waals surface area contributed by atoms with Gasteiger partial charge in [0.15, 0.2) is 0 Å². The maximum atomic E-state index is 14.1. The Bertz CT molecular complexity index is 1090. The molecule has 150 valence electrons. The molecular weight excluding hydrogens is 390 g/mol. The first-order chi connectivity index (χ1) is 13.8. The van der Waals surface area contributed by atoms with Crippen LogP contribution in [0.1, 0.15) is 28.5 Å². The highest BCUT2D eigenvalue weighted by Crippen LogP contribution is 2.37. The summed E-state index contributed by atoms with van der Waals surface area (Å²) in [5.41, 5.74) is -0.181. The third kappa shape index (κ3) is 4.02. The number of aromatic nitrogens is 1. The number of nitrogens with zero attached hydrogens (tertiary/aromatic N) is 1. The average molecular weight is 405 g/mol. The zero-order chi connectivity index (χ0) is 20.6. The SMILES string of the molecule is O=c1ccc(C(F)(F)F)cn1Cc1cc(F)cc2c1O[C@@H](c1ccccc1)OC2. The van der Waals surface area contributed by atoms with Crippen LogP contribution >= 0.6 is 0 Å². The summed E-state index contributed by atoms with van der Waals surface area (Å²) in [7, 11) is 0. The number of alkyl halides is 3. The van der Waals surface area contributed by atoms with Gasteiger partial charge in [0.2, 0.25) is 6.29 Å². The number of halogens is 4. The molecule has 1 aliphatic rings. The molecule has 4 nitrogen and oxygen atoms in total. The molecule has 2 aromatic carbocycles. The Morgan fingerprint density at radius 1 is 1.07 bits per heavy atom. The summed E-state index contributed by atoms with van der Waals surface area (Å²) in [5.74, 6) is -0.292. The van der Waals surface area contributed by atoms with E-state index in [-0.39, 0.29) is 18.7 Å². The van der Waals surface area contributed by atoms with E-state index in [0.717, 1.165) is 28.3 Å². The van der Waals surface area contributed by atoms with E-state index in [2.05, 4.69) is 0 Å². The fraction of sp³-hybridized carbons (Fsp3) is 0.190. The molecule has 4 rings (SSSR count). The Morgan fingerprint density at radius 2 is 1.83 bits per heavy atom. The van der Waals surface area contributed by atoms with Gasteiger partial charge in [0.1, 0.15) is 11.6 Å². The number of fused-ring (bicyclic) bond motifs is 1. The van der Waals surface area contributed by atoms with Crippen molar-refractivity contribution < 1.29 is 27.0 Å². The minimum Gasteiger partial charge on any atom is -0.460 e. The predicted octanol–water partition coefficient (Wildman–Crippen LogP) is 4.66.